The number of rotatable bonds is 5. The third-order valence-corrected chi connectivity index (χ3v) is 5.84. The fourth-order valence-electron chi connectivity index (χ4n) is 3.70. The number of para-hydroxylation sites is 1. The Kier molecular flexibility index (Phi) is 5.82. The van der Waals surface area contributed by atoms with Crippen LogP contribution >= 0.6 is 11.6 Å². The molecule has 1 aromatic carbocycles. The highest BCUT2D eigenvalue weighted by atomic mass is 35.5. The lowest BCUT2D eigenvalue weighted by Gasteiger charge is -2.38. The molecular formula is C20H26ClN5O3. The SMILES string of the molecule is CN(CCN1CCN(c2cccc3c2OCCO3)CC1)c1cnn(C)c(=O)c1Cl. The zero-order valence-corrected chi connectivity index (χ0v) is 17.6. The lowest BCUT2D eigenvalue weighted by atomic mass is 10.2. The van der Waals surface area contributed by atoms with Crippen LogP contribution in [-0.2, 0) is 7.05 Å². The van der Waals surface area contributed by atoms with Gasteiger partial charge in [0.15, 0.2) is 11.5 Å². The number of ether oxygens (including phenoxy) is 2. The fourth-order valence-corrected chi connectivity index (χ4v) is 4.02. The fraction of sp³-hybridized carbons (Fsp3) is 0.500. The lowest BCUT2D eigenvalue weighted by molar-refractivity contribution is 0.171. The minimum atomic E-state index is -0.276. The maximum Gasteiger partial charge on any atom is 0.287 e. The lowest BCUT2D eigenvalue weighted by Crippen LogP contribution is -2.48. The van der Waals surface area contributed by atoms with Gasteiger partial charge in [-0.25, -0.2) is 4.68 Å². The first-order valence-corrected chi connectivity index (χ1v) is 10.2. The molecule has 0 N–H and O–H groups in total. The van der Waals surface area contributed by atoms with Crippen molar-refractivity contribution in [2.75, 3.05) is 69.3 Å². The molecule has 0 saturated carbocycles. The molecule has 2 aromatic rings. The van der Waals surface area contributed by atoms with Gasteiger partial charge in [0.2, 0.25) is 0 Å². The number of fused-ring (bicyclic) bond motifs is 1. The average molecular weight is 420 g/mol. The van der Waals surface area contributed by atoms with Gasteiger partial charge in [0, 0.05) is 53.4 Å². The zero-order valence-electron chi connectivity index (χ0n) is 16.8. The molecule has 0 spiro atoms. The molecule has 2 aliphatic rings. The molecule has 1 aromatic heterocycles. The smallest absolute Gasteiger partial charge is 0.287 e. The predicted octanol–water partition coefficient (Wildman–Crippen LogP) is 1.46. The second kappa shape index (κ2) is 8.51. The molecule has 156 valence electrons. The summed E-state index contributed by atoms with van der Waals surface area (Å²) in [6.07, 6.45) is 1.64. The number of hydrogen-bond acceptors (Lipinski definition) is 7. The van der Waals surface area contributed by atoms with E-state index in [9.17, 15) is 4.79 Å². The first-order valence-electron chi connectivity index (χ1n) is 9.83. The second-order valence-electron chi connectivity index (χ2n) is 7.32. The van der Waals surface area contributed by atoms with Crippen molar-refractivity contribution < 1.29 is 9.47 Å². The average Bonchev–Trinajstić information content (AvgIpc) is 2.76. The van der Waals surface area contributed by atoms with E-state index < -0.39 is 0 Å². The molecule has 9 heteroatoms. The molecule has 1 saturated heterocycles. The van der Waals surface area contributed by atoms with Crippen LogP contribution in [-0.4, -0.2) is 74.2 Å². The zero-order chi connectivity index (χ0) is 20.4. The van der Waals surface area contributed by atoms with Crippen molar-refractivity contribution in [3.05, 3.63) is 39.8 Å². The summed E-state index contributed by atoms with van der Waals surface area (Å²) in [4.78, 5) is 18.7. The summed E-state index contributed by atoms with van der Waals surface area (Å²) in [6, 6.07) is 6.08. The molecule has 0 atom stereocenters. The van der Waals surface area contributed by atoms with Crippen LogP contribution in [0.5, 0.6) is 11.5 Å². The number of aryl methyl sites for hydroxylation is 1. The predicted molar refractivity (Wildman–Crippen MR) is 114 cm³/mol. The van der Waals surface area contributed by atoms with Crippen LogP contribution in [0.15, 0.2) is 29.2 Å². The standard InChI is InChI=1S/C20H26ClN5O3/c1-23(16-14-22-24(2)20(27)18(16)21)6-7-25-8-10-26(11-9-25)15-4-3-5-17-19(15)29-13-12-28-17/h3-5,14H,6-13H2,1-2H3. The molecular weight excluding hydrogens is 394 g/mol. The highest BCUT2D eigenvalue weighted by Crippen LogP contribution is 2.39. The third-order valence-electron chi connectivity index (χ3n) is 5.48. The molecule has 0 bridgehead atoms. The van der Waals surface area contributed by atoms with E-state index in [1.54, 1.807) is 13.2 Å². The number of likely N-dealkylation sites (N-methyl/N-ethyl adjacent to an activating group) is 1. The van der Waals surface area contributed by atoms with E-state index in [0.29, 0.717) is 18.9 Å². The normalized spacial score (nSPS) is 16.7. The number of benzene rings is 1. The first-order chi connectivity index (χ1) is 14.0. The number of nitrogens with zero attached hydrogens (tertiary/aromatic N) is 5. The largest absolute Gasteiger partial charge is 0.486 e. The summed E-state index contributed by atoms with van der Waals surface area (Å²) < 4.78 is 12.8. The van der Waals surface area contributed by atoms with Gasteiger partial charge in [-0.15, -0.1) is 0 Å². The van der Waals surface area contributed by atoms with E-state index in [4.69, 9.17) is 21.1 Å². The van der Waals surface area contributed by atoms with Gasteiger partial charge in [0.05, 0.1) is 17.6 Å². The molecule has 0 unspecified atom stereocenters. The van der Waals surface area contributed by atoms with Gasteiger partial charge in [-0.1, -0.05) is 17.7 Å². The summed E-state index contributed by atoms with van der Waals surface area (Å²) in [5, 5.41) is 4.28. The number of hydrogen-bond donors (Lipinski definition) is 0. The van der Waals surface area contributed by atoms with Crippen LogP contribution < -0.4 is 24.8 Å². The summed E-state index contributed by atoms with van der Waals surface area (Å²) in [5.74, 6) is 1.69. The molecule has 29 heavy (non-hydrogen) atoms. The Morgan fingerprint density at radius 3 is 2.72 bits per heavy atom. The Balaban J connectivity index is 1.33. The number of piperazine rings is 1. The van der Waals surface area contributed by atoms with Crippen molar-refractivity contribution in [2.24, 2.45) is 7.05 Å². The van der Waals surface area contributed by atoms with Crippen molar-refractivity contribution in [3.63, 3.8) is 0 Å². The molecule has 1 fully saturated rings. The van der Waals surface area contributed by atoms with Crippen LogP contribution in [0.2, 0.25) is 5.02 Å². The van der Waals surface area contributed by atoms with Gasteiger partial charge in [-0.2, -0.15) is 5.10 Å². The van der Waals surface area contributed by atoms with Crippen molar-refractivity contribution in [1.29, 1.82) is 0 Å². The molecule has 8 nitrogen and oxygen atoms in total. The Labute approximate surface area is 175 Å². The van der Waals surface area contributed by atoms with E-state index in [1.165, 1.54) is 4.68 Å². The topological polar surface area (TPSA) is 63.1 Å². The maximum absolute atomic E-state index is 12.0. The van der Waals surface area contributed by atoms with E-state index in [1.807, 2.05) is 24.1 Å². The number of anilines is 2. The van der Waals surface area contributed by atoms with Crippen LogP contribution in [0, 0.1) is 0 Å². The van der Waals surface area contributed by atoms with Crippen molar-refractivity contribution in [2.45, 2.75) is 0 Å². The van der Waals surface area contributed by atoms with Crippen LogP contribution in [0.4, 0.5) is 11.4 Å². The molecule has 0 radical (unpaired) electrons. The Hall–Kier alpha value is -2.45. The molecule has 0 amide bonds. The van der Waals surface area contributed by atoms with E-state index in [0.717, 1.165) is 56.5 Å². The van der Waals surface area contributed by atoms with Gasteiger partial charge in [-0.05, 0) is 12.1 Å². The summed E-state index contributed by atoms with van der Waals surface area (Å²) in [6.45, 7) is 6.63. The van der Waals surface area contributed by atoms with Gasteiger partial charge in [0.1, 0.15) is 18.2 Å². The molecule has 4 rings (SSSR count). The van der Waals surface area contributed by atoms with Gasteiger partial charge >= 0.3 is 0 Å². The van der Waals surface area contributed by atoms with E-state index in [-0.39, 0.29) is 10.6 Å². The first kappa shape index (κ1) is 19.8. The van der Waals surface area contributed by atoms with Gasteiger partial charge in [0.25, 0.3) is 5.56 Å². The van der Waals surface area contributed by atoms with Crippen molar-refractivity contribution >= 4 is 23.0 Å². The van der Waals surface area contributed by atoms with Crippen molar-refractivity contribution in [3.8, 4) is 11.5 Å². The van der Waals surface area contributed by atoms with E-state index in [2.05, 4.69) is 21.0 Å². The van der Waals surface area contributed by atoms with Crippen LogP contribution in [0.1, 0.15) is 0 Å². The molecule has 3 heterocycles. The summed E-state index contributed by atoms with van der Waals surface area (Å²) in [7, 11) is 3.53. The monoisotopic (exact) mass is 419 g/mol. The number of halogens is 1. The Morgan fingerprint density at radius 1 is 1.17 bits per heavy atom. The number of aromatic nitrogens is 2. The van der Waals surface area contributed by atoms with Crippen LogP contribution in [0.3, 0.4) is 0 Å². The molecule has 0 aliphatic carbocycles. The quantitative estimate of drug-likeness (QED) is 0.727. The van der Waals surface area contributed by atoms with Gasteiger partial charge in [-0.3, -0.25) is 9.69 Å². The minimum absolute atomic E-state index is 0.214. The van der Waals surface area contributed by atoms with Gasteiger partial charge < -0.3 is 19.3 Å². The maximum atomic E-state index is 12.0. The Morgan fingerprint density at radius 2 is 1.93 bits per heavy atom. The summed E-state index contributed by atoms with van der Waals surface area (Å²) in [5.41, 5.74) is 1.50. The minimum Gasteiger partial charge on any atom is -0.486 e. The van der Waals surface area contributed by atoms with Crippen molar-refractivity contribution in [1.82, 2.24) is 14.7 Å². The highest BCUT2D eigenvalue weighted by Gasteiger charge is 2.23. The molecule has 2 aliphatic heterocycles. The second-order valence-corrected chi connectivity index (χ2v) is 7.70. The third kappa shape index (κ3) is 4.13. The summed E-state index contributed by atoms with van der Waals surface area (Å²) >= 11 is 6.20. The van der Waals surface area contributed by atoms with Crippen LogP contribution in [0.25, 0.3) is 0 Å². The van der Waals surface area contributed by atoms with E-state index >= 15 is 0 Å². The highest BCUT2D eigenvalue weighted by molar-refractivity contribution is 6.33. The Bertz CT molecular complexity index is 927.